The fraction of sp³-hybridized carbons (Fsp3) is 0.0870. The predicted molar refractivity (Wildman–Crippen MR) is 115 cm³/mol. The van der Waals surface area contributed by atoms with Gasteiger partial charge in [-0.15, -0.1) is 10.2 Å². The summed E-state index contributed by atoms with van der Waals surface area (Å²) in [5.41, 5.74) is 0.573. The summed E-state index contributed by atoms with van der Waals surface area (Å²) in [7, 11) is 0. The molecule has 9 heteroatoms. The average Bonchev–Trinajstić information content (AvgIpc) is 3.27. The number of alkyl halides is 3. The molecule has 0 unspecified atom stereocenters. The normalized spacial score (nSPS) is 12.3. The standard InChI is InChI=1S/C23H16F3N3O2S/c24-23(25,26)17-12-7-13-18(14-17)27-20(30)19(15-8-3-1-4-9-15)32-22-29-28-21(31-22)16-10-5-2-6-11-16/h1-14,19H,(H,27,30)/t19-/m0/s1. The van der Waals surface area contributed by atoms with Crippen molar-refractivity contribution >= 4 is 23.4 Å². The van der Waals surface area contributed by atoms with Crippen LogP contribution in [-0.2, 0) is 11.0 Å². The zero-order chi connectivity index (χ0) is 22.6. The van der Waals surface area contributed by atoms with Crippen LogP contribution < -0.4 is 5.32 Å². The first-order valence-corrected chi connectivity index (χ1v) is 10.4. The van der Waals surface area contributed by atoms with Crippen molar-refractivity contribution < 1.29 is 22.4 Å². The van der Waals surface area contributed by atoms with Crippen LogP contribution in [0, 0.1) is 0 Å². The number of carbonyl (C=O) groups is 1. The number of thioether (sulfide) groups is 1. The summed E-state index contributed by atoms with van der Waals surface area (Å²) in [6.45, 7) is 0. The molecule has 0 aliphatic carbocycles. The Morgan fingerprint density at radius 2 is 1.59 bits per heavy atom. The highest BCUT2D eigenvalue weighted by molar-refractivity contribution is 8.00. The second-order valence-electron chi connectivity index (χ2n) is 6.72. The van der Waals surface area contributed by atoms with Crippen molar-refractivity contribution in [3.05, 3.63) is 96.1 Å². The number of nitrogens with one attached hydrogen (secondary N) is 1. The zero-order valence-corrected chi connectivity index (χ0v) is 17.2. The lowest BCUT2D eigenvalue weighted by molar-refractivity contribution is -0.137. The van der Waals surface area contributed by atoms with E-state index in [9.17, 15) is 18.0 Å². The third kappa shape index (κ3) is 5.17. The first kappa shape index (κ1) is 21.6. The number of benzene rings is 3. The highest BCUT2D eigenvalue weighted by atomic mass is 32.2. The van der Waals surface area contributed by atoms with E-state index < -0.39 is 22.9 Å². The molecule has 1 amide bonds. The Bertz CT molecular complexity index is 1200. The molecular weight excluding hydrogens is 439 g/mol. The molecule has 0 aliphatic rings. The molecule has 0 bridgehead atoms. The molecule has 162 valence electrons. The number of nitrogens with zero attached hydrogens (tertiary/aromatic N) is 2. The summed E-state index contributed by atoms with van der Waals surface area (Å²) in [6, 6.07) is 22.5. The van der Waals surface area contributed by atoms with Gasteiger partial charge in [0.25, 0.3) is 5.22 Å². The lowest BCUT2D eigenvalue weighted by Crippen LogP contribution is -2.19. The number of halogens is 3. The fourth-order valence-electron chi connectivity index (χ4n) is 2.94. The summed E-state index contributed by atoms with van der Waals surface area (Å²) in [6.07, 6.45) is -4.51. The van der Waals surface area contributed by atoms with Crippen molar-refractivity contribution in [2.24, 2.45) is 0 Å². The number of hydrogen-bond donors (Lipinski definition) is 1. The van der Waals surface area contributed by atoms with Crippen LogP contribution in [0.15, 0.2) is 94.6 Å². The molecule has 1 N–H and O–H groups in total. The van der Waals surface area contributed by atoms with Crippen molar-refractivity contribution in [3.8, 4) is 11.5 Å². The minimum atomic E-state index is -4.51. The van der Waals surface area contributed by atoms with E-state index in [0.717, 1.165) is 29.5 Å². The molecule has 0 saturated carbocycles. The van der Waals surface area contributed by atoms with Gasteiger partial charge >= 0.3 is 6.18 Å². The largest absolute Gasteiger partial charge is 0.416 e. The van der Waals surface area contributed by atoms with Gasteiger partial charge in [0.1, 0.15) is 5.25 Å². The average molecular weight is 455 g/mol. The molecule has 1 atom stereocenters. The van der Waals surface area contributed by atoms with Gasteiger partial charge in [0.05, 0.1) is 5.56 Å². The maximum atomic E-state index is 13.1. The molecule has 4 aromatic rings. The van der Waals surface area contributed by atoms with Crippen LogP contribution in [0.3, 0.4) is 0 Å². The quantitative estimate of drug-likeness (QED) is 0.349. The van der Waals surface area contributed by atoms with E-state index in [0.29, 0.717) is 11.5 Å². The molecule has 0 aliphatic heterocycles. The highest BCUT2D eigenvalue weighted by Gasteiger charge is 2.31. The van der Waals surface area contributed by atoms with Gasteiger partial charge in [-0.1, -0.05) is 54.6 Å². The molecule has 1 heterocycles. The number of hydrogen-bond acceptors (Lipinski definition) is 5. The monoisotopic (exact) mass is 455 g/mol. The molecule has 3 aromatic carbocycles. The number of carbonyl (C=O) groups excluding carboxylic acids is 1. The Hall–Kier alpha value is -3.59. The number of aromatic nitrogens is 2. The van der Waals surface area contributed by atoms with Crippen molar-refractivity contribution in [1.82, 2.24) is 10.2 Å². The summed E-state index contributed by atoms with van der Waals surface area (Å²) < 4.78 is 44.7. The fourth-order valence-corrected chi connectivity index (χ4v) is 3.81. The second kappa shape index (κ2) is 9.27. The second-order valence-corrected chi connectivity index (χ2v) is 7.77. The van der Waals surface area contributed by atoms with Crippen LogP contribution in [0.4, 0.5) is 18.9 Å². The van der Waals surface area contributed by atoms with E-state index in [1.54, 1.807) is 30.3 Å². The van der Waals surface area contributed by atoms with E-state index in [1.165, 1.54) is 12.1 Å². The van der Waals surface area contributed by atoms with E-state index in [2.05, 4.69) is 15.5 Å². The molecule has 32 heavy (non-hydrogen) atoms. The van der Waals surface area contributed by atoms with Gasteiger partial charge in [-0.3, -0.25) is 4.79 Å². The molecule has 4 rings (SSSR count). The smallest absolute Gasteiger partial charge is 0.411 e. The highest BCUT2D eigenvalue weighted by Crippen LogP contribution is 2.37. The van der Waals surface area contributed by atoms with Gasteiger partial charge < -0.3 is 9.73 Å². The lowest BCUT2D eigenvalue weighted by atomic mass is 10.1. The van der Waals surface area contributed by atoms with Crippen LogP contribution in [0.1, 0.15) is 16.4 Å². The van der Waals surface area contributed by atoms with Crippen LogP contribution in [-0.4, -0.2) is 16.1 Å². The van der Waals surface area contributed by atoms with Crippen molar-refractivity contribution in [3.63, 3.8) is 0 Å². The minimum absolute atomic E-state index is 0.0434. The number of rotatable bonds is 6. The lowest BCUT2D eigenvalue weighted by Gasteiger charge is -2.16. The predicted octanol–water partition coefficient (Wildman–Crippen LogP) is 6.23. The minimum Gasteiger partial charge on any atom is -0.411 e. The zero-order valence-electron chi connectivity index (χ0n) is 16.4. The van der Waals surface area contributed by atoms with Crippen molar-refractivity contribution in [2.75, 3.05) is 5.32 Å². The Balaban J connectivity index is 1.58. The molecule has 1 aromatic heterocycles. The molecular formula is C23H16F3N3O2S. The first-order valence-electron chi connectivity index (χ1n) is 9.49. The van der Waals surface area contributed by atoms with Crippen LogP contribution in [0.25, 0.3) is 11.5 Å². The number of amides is 1. The summed E-state index contributed by atoms with van der Waals surface area (Å²) in [5, 5.41) is 9.93. The Morgan fingerprint density at radius 1 is 0.906 bits per heavy atom. The van der Waals surface area contributed by atoms with Gasteiger partial charge in [0, 0.05) is 11.3 Å². The van der Waals surface area contributed by atoms with Gasteiger partial charge in [-0.05, 0) is 47.7 Å². The Kier molecular flexibility index (Phi) is 6.27. The molecule has 0 radical (unpaired) electrons. The summed E-state index contributed by atoms with van der Waals surface area (Å²) in [5.74, 6) is -0.210. The van der Waals surface area contributed by atoms with Crippen LogP contribution >= 0.6 is 11.8 Å². The summed E-state index contributed by atoms with van der Waals surface area (Å²) >= 11 is 1.02. The van der Waals surface area contributed by atoms with E-state index >= 15 is 0 Å². The maximum absolute atomic E-state index is 13.1. The third-order valence-electron chi connectivity index (χ3n) is 4.44. The molecule has 0 fully saturated rings. The third-order valence-corrected chi connectivity index (χ3v) is 5.53. The Labute approximate surface area is 185 Å². The molecule has 0 saturated heterocycles. The first-order chi connectivity index (χ1) is 15.4. The molecule has 5 nitrogen and oxygen atoms in total. The van der Waals surface area contributed by atoms with Gasteiger partial charge in [0.15, 0.2) is 0 Å². The van der Waals surface area contributed by atoms with Gasteiger partial charge in [0.2, 0.25) is 11.8 Å². The number of anilines is 1. The Morgan fingerprint density at radius 3 is 2.28 bits per heavy atom. The van der Waals surface area contributed by atoms with Crippen molar-refractivity contribution in [2.45, 2.75) is 16.6 Å². The van der Waals surface area contributed by atoms with Gasteiger partial charge in [-0.2, -0.15) is 13.2 Å². The van der Waals surface area contributed by atoms with Crippen molar-refractivity contribution in [1.29, 1.82) is 0 Å². The van der Waals surface area contributed by atoms with E-state index in [4.69, 9.17) is 4.42 Å². The molecule has 0 spiro atoms. The van der Waals surface area contributed by atoms with Gasteiger partial charge in [-0.25, -0.2) is 0 Å². The van der Waals surface area contributed by atoms with E-state index in [1.807, 2.05) is 30.3 Å². The van der Waals surface area contributed by atoms with Crippen LogP contribution in [0.2, 0.25) is 0 Å². The topological polar surface area (TPSA) is 68.0 Å². The van der Waals surface area contributed by atoms with Crippen LogP contribution in [0.5, 0.6) is 0 Å². The maximum Gasteiger partial charge on any atom is 0.416 e. The summed E-state index contributed by atoms with van der Waals surface area (Å²) in [4.78, 5) is 13.1. The SMILES string of the molecule is O=C(Nc1cccc(C(F)(F)F)c1)[C@@H](Sc1nnc(-c2ccccc2)o1)c1ccccc1. The van der Waals surface area contributed by atoms with E-state index in [-0.39, 0.29) is 10.9 Å².